The monoisotopic (exact) mass is 364 g/mol. The van der Waals surface area contributed by atoms with E-state index < -0.39 is 26.2 Å². The van der Waals surface area contributed by atoms with Gasteiger partial charge in [-0.3, -0.25) is 13.7 Å². The second kappa shape index (κ2) is 6.16. The Balaban J connectivity index is 2.24. The Kier molecular flexibility index (Phi) is 4.29. The van der Waals surface area contributed by atoms with E-state index >= 15 is 0 Å². The van der Waals surface area contributed by atoms with Crippen molar-refractivity contribution in [2.45, 2.75) is 24.4 Å². The van der Waals surface area contributed by atoms with Crippen molar-refractivity contribution in [1.82, 2.24) is 14.5 Å². The number of hydrogen-bond donors (Lipinski definition) is 1. The summed E-state index contributed by atoms with van der Waals surface area (Å²) in [6.45, 7) is 2.60. The number of hydrogen-bond acceptors (Lipinski definition) is 5. The Hall–Kier alpha value is -2.39. The molecule has 134 valence electrons. The zero-order chi connectivity index (χ0) is 18.4. The van der Waals surface area contributed by atoms with Crippen molar-refractivity contribution in [3.63, 3.8) is 0 Å². The Morgan fingerprint density at radius 2 is 1.84 bits per heavy atom. The molecule has 2 aromatic rings. The van der Waals surface area contributed by atoms with Crippen LogP contribution in [0.15, 0.2) is 44.9 Å². The summed E-state index contributed by atoms with van der Waals surface area (Å²) in [5.41, 5.74) is -0.0342. The van der Waals surface area contributed by atoms with Gasteiger partial charge in [0, 0.05) is 39.4 Å². The summed E-state index contributed by atoms with van der Waals surface area (Å²) in [5, 5.41) is 3.26. The SMILES string of the molecule is CC1CN(S(=O)(=O)c2cn(C)c(=O)n(C)c2=O)c2ccccc2CN1. The third kappa shape index (κ3) is 2.89. The maximum absolute atomic E-state index is 13.3. The fraction of sp³-hybridized carbons (Fsp3) is 0.375. The number of para-hydroxylation sites is 1. The first-order chi connectivity index (χ1) is 11.7. The number of anilines is 1. The van der Waals surface area contributed by atoms with E-state index in [0.717, 1.165) is 20.9 Å². The number of rotatable bonds is 2. The summed E-state index contributed by atoms with van der Waals surface area (Å²) in [7, 11) is -1.44. The van der Waals surface area contributed by atoms with Crippen molar-refractivity contribution >= 4 is 15.7 Å². The Bertz CT molecular complexity index is 1040. The van der Waals surface area contributed by atoms with Crippen LogP contribution < -0.4 is 20.9 Å². The van der Waals surface area contributed by atoms with E-state index in [1.165, 1.54) is 18.4 Å². The molecule has 1 aliphatic rings. The van der Waals surface area contributed by atoms with Gasteiger partial charge in [-0.2, -0.15) is 0 Å². The van der Waals surface area contributed by atoms with Gasteiger partial charge in [0.15, 0.2) is 4.90 Å². The van der Waals surface area contributed by atoms with Crippen molar-refractivity contribution < 1.29 is 8.42 Å². The zero-order valence-corrected chi connectivity index (χ0v) is 15.1. The number of benzene rings is 1. The summed E-state index contributed by atoms with van der Waals surface area (Å²) < 4.78 is 29.7. The zero-order valence-electron chi connectivity index (χ0n) is 14.3. The molecular formula is C16H20N4O4S. The first kappa shape index (κ1) is 17.4. The summed E-state index contributed by atoms with van der Waals surface area (Å²) in [6, 6.07) is 7.07. The molecule has 25 heavy (non-hydrogen) atoms. The van der Waals surface area contributed by atoms with E-state index in [-0.39, 0.29) is 12.6 Å². The molecule has 0 saturated heterocycles. The Morgan fingerprint density at radius 1 is 1.16 bits per heavy atom. The molecule has 3 rings (SSSR count). The molecule has 0 radical (unpaired) electrons. The van der Waals surface area contributed by atoms with Crippen LogP contribution in [-0.4, -0.2) is 30.1 Å². The van der Waals surface area contributed by atoms with Gasteiger partial charge in [-0.15, -0.1) is 0 Å². The summed E-state index contributed by atoms with van der Waals surface area (Å²) >= 11 is 0. The number of aryl methyl sites for hydroxylation is 1. The molecule has 0 amide bonds. The lowest BCUT2D eigenvalue weighted by atomic mass is 10.2. The number of fused-ring (bicyclic) bond motifs is 1. The van der Waals surface area contributed by atoms with Gasteiger partial charge in [-0.1, -0.05) is 18.2 Å². The van der Waals surface area contributed by atoms with Gasteiger partial charge < -0.3 is 9.88 Å². The third-order valence-corrected chi connectivity index (χ3v) is 6.09. The molecule has 0 spiro atoms. The van der Waals surface area contributed by atoms with Crippen LogP contribution in [0.3, 0.4) is 0 Å². The van der Waals surface area contributed by atoms with E-state index in [9.17, 15) is 18.0 Å². The Morgan fingerprint density at radius 3 is 2.56 bits per heavy atom. The summed E-state index contributed by atoms with van der Waals surface area (Å²) in [6.07, 6.45) is 1.09. The minimum atomic E-state index is -4.12. The van der Waals surface area contributed by atoms with Crippen molar-refractivity contribution in [2.24, 2.45) is 14.1 Å². The van der Waals surface area contributed by atoms with Crippen LogP contribution in [0.1, 0.15) is 12.5 Å². The van der Waals surface area contributed by atoms with Gasteiger partial charge in [0.1, 0.15) is 0 Å². The quantitative estimate of drug-likeness (QED) is 0.795. The van der Waals surface area contributed by atoms with Gasteiger partial charge in [0.25, 0.3) is 15.6 Å². The maximum atomic E-state index is 13.3. The van der Waals surface area contributed by atoms with Crippen molar-refractivity contribution in [1.29, 1.82) is 0 Å². The fourth-order valence-corrected chi connectivity index (χ4v) is 4.64. The molecule has 0 fully saturated rings. The first-order valence-corrected chi connectivity index (χ1v) is 9.28. The molecule has 8 nitrogen and oxygen atoms in total. The predicted molar refractivity (Wildman–Crippen MR) is 94.2 cm³/mol. The number of nitrogens with zero attached hydrogens (tertiary/aromatic N) is 3. The molecule has 1 aromatic heterocycles. The number of nitrogens with one attached hydrogen (secondary N) is 1. The average Bonchev–Trinajstić information content (AvgIpc) is 2.76. The molecule has 2 heterocycles. The van der Waals surface area contributed by atoms with Gasteiger partial charge in [0.2, 0.25) is 0 Å². The van der Waals surface area contributed by atoms with Crippen LogP contribution in [0.25, 0.3) is 0 Å². The van der Waals surface area contributed by atoms with Crippen LogP contribution in [0.5, 0.6) is 0 Å². The van der Waals surface area contributed by atoms with E-state index in [0.29, 0.717) is 12.2 Å². The largest absolute Gasteiger partial charge is 0.330 e. The molecular weight excluding hydrogens is 344 g/mol. The van der Waals surface area contributed by atoms with E-state index in [2.05, 4.69) is 5.32 Å². The molecule has 1 aliphatic heterocycles. The lowest BCUT2D eigenvalue weighted by Crippen LogP contribution is -2.45. The predicted octanol–water partition coefficient (Wildman–Crippen LogP) is -0.229. The standard InChI is InChI=1S/C16H20N4O4S/c1-11-9-20(13-7-5-4-6-12(13)8-17-11)25(23,24)14-10-18(2)16(22)19(3)15(14)21/h4-7,10-11,17H,8-9H2,1-3H3. The van der Waals surface area contributed by atoms with Crippen LogP contribution in [0, 0.1) is 0 Å². The topological polar surface area (TPSA) is 93.4 Å². The van der Waals surface area contributed by atoms with Crippen LogP contribution in [-0.2, 0) is 30.7 Å². The average molecular weight is 364 g/mol. The molecule has 1 N–H and O–H groups in total. The highest BCUT2D eigenvalue weighted by Crippen LogP contribution is 2.28. The first-order valence-electron chi connectivity index (χ1n) is 7.84. The van der Waals surface area contributed by atoms with Gasteiger partial charge in [0.05, 0.1) is 5.69 Å². The maximum Gasteiger partial charge on any atom is 0.330 e. The molecule has 1 aromatic carbocycles. The molecule has 0 saturated carbocycles. The fourth-order valence-electron chi connectivity index (χ4n) is 2.90. The smallest absolute Gasteiger partial charge is 0.308 e. The Labute approximate surface area is 145 Å². The van der Waals surface area contributed by atoms with Gasteiger partial charge in [-0.25, -0.2) is 13.2 Å². The van der Waals surface area contributed by atoms with E-state index in [1.807, 2.05) is 19.1 Å². The lowest BCUT2D eigenvalue weighted by molar-refractivity contribution is 0.552. The van der Waals surface area contributed by atoms with Gasteiger partial charge >= 0.3 is 5.69 Å². The molecule has 1 unspecified atom stereocenters. The van der Waals surface area contributed by atoms with Crippen LogP contribution in [0.4, 0.5) is 5.69 Å². The second-order valence-corrected chi connectivity index (χ2v) is 8.03. The summed E-state index contributed by atoms with van der Waals surface area (Å²) in [5.74, 6) is 0. The van der Waals surface area contributed by atoms with Crippen LogP contribution in [0.2, 0.25) is 0 Å². The lowest BCUT2D eigenvalue weighted by Gasteiger charge is -2.25. The summed E-state index contributed by atoms with van der Waals surface area (Å²) in [4.78, 5) is 23.9. The minimum absolute atomic E-state index is 0.0986. The van der Waals surface area contributed by atoms with E-state index in [1.54, 1.807) is 12.1 Å². The number of sulfonamides is 1. The highest BCUT2D eigenvalue weighted by Gasteiger charge is 2.33. The highest BCUT2D eigenvalue weighted by atomic mass is 32.2. The molecule has 0 bridgehead atoms. The van der Waals surface area contributed by atoms with Crippen molar-refractivity contribution in [2.75, 3.05) is 10.8 Å². The van der Waals surface area contributed by atoms with Crippen molar-refractivity contribution in [3.05, 3.63) is 56.9 Å². The minimum Gasteiger partial charge on any atom is -0.308 e. The third-order valence-electron chi connectivity index (χ3n) is 4.32. The second-order valence-electron chi connectivity index (χ2n) is 6.20. The molecule has 9 heteroatoms. The normalized spacial score (nSPS) is 17.9. The van der Waals surface area contributed by atoms with E-state index in [4.69, 9.17) is 0 Å². The van der Waals surface area contributed by atoms with Crippen LogP contribution >= 0.6 is 0 Å². The van der Waals surface area contributed by atoms with Crippen molar-refractivity contribution in [3.8, 4) is 0 Å². The molecule has 1 atom stereocenters. The molecule has 0 aliphatic carbocycles. The van der Waals surface area contributed by atoms with Gasteiger partial charge in [-0.05, 0) is 18.6 Å². The number of aromatic nitrogens is 2. The highest BCUT2D eigenvalue weighted by molar-refractivity contribution is 7.92.